The number of anilines is 1. The lowest BCUT2D eigenvalue weighted by Crippen LogP contribution is -3.18. The number of rotatable bonds is 5. The fraction of sp³-hybridized carbons (Fsp3) is 0.619. The van der Waals surface area contributed by atoms with Crippen molar-refractivity contribution in [2.24, 2.45) is 0 Å². The zero-order valence-electron chi connectivity index (χ0n) is 17.1. The van der Waals surface area contributed by atoms with Crippen molar-refractivity contribution in [2.45, 2.75) is 42.5 Å². The van der Waals surface area contributed by atoms with Gasteiger partial charge in [0.05, 0.1) is 44.6 Å². The molecule has 4 rings (SSSR count). The highest BCUT2D eigenvalue weighted by molar-refractivity contribution is 8.00. The maximum absolute atomic E-state index is 12.6. The molecule has 0 bridgehead atoms. The van der Waals surface area contributed by atoms with E-state index in [1.54, 1.807) is 22.7 Å². The molecule has 2 saturated heterocycles. The summed E-state index contributed by atoms with van der Waals surface area (Å²) in [5.41, 5.74) is 1.34. The monoisotopic (exact) mass is 420 g/mol. The van der Waals surface area contributed by atoms with Crippen molar-refractivity contribution in [1.82, 2.24) is 5.32 Å². The summed E-state index contributed by atoms with van der Waals surface area (Å²) < 4.78 is 5.41. The molecule has 3 heterocycles. The number of piperidine rings is 1. The van der Waals surface area contributed by atoms with Gasteiger partial charge in [-0.2, -0.15) is 0 Å². The molecule has 2 fully saturated rings. The Morgan fingerprint density at radius 2 is 2.10 bits per heavy atom. The van der Waals surface area contributed by atoms with Crippen molar-refractivity contribution in [3.63, 3.8) is 0 Å². The first-order valence-electron chi connectivity index (χ1n) is 10.8. The van der Waals surface area contributed by atoms with Crippen LogP contribution in [0.5, 0.6) is 0 Å². The number of hydrogen-bond acceptors (Lipinski definition) is 4. The van der Waals surface area contributed by atoms with E-state index >= 15 is 0 Å². The molecule has 0 aliphatic carbocycles. The van der Waals surface area contributed by atoms with Crippen molar-refractivity contribution in [3.8, 4) is 0 Å². The standard InChI is InChI=1S/C21H30N4O3S/c1-15-4-2-3-8-24(15)9-7-22-19(26)16-5-6-18-17(14-16)23-20(27)21(29-18)25-10-12-28-13-11-25/h5-6,14-15,21H,2-4,7-13H2,1H3,(H,22,26)(H,23,27)/p+2. The molecule has 3 aliphatic rings. The summed E-state index contributed by atoms with van der Waals surface area (Å²) in [5, 5.41) is 5.91. The number of benzene rings is 1. The zero-order chi connectivity index (χ0) is 20.2. The fourth-order valence-corrected chi connectivity index (χ4v) is 5.68. The molecular formula is C21H32N4O3S+2. The molecule has 3 aliphatic heterocycles. The molecule has 4 N–H and O–H groups in total. The molecule has 0 radical (unpaired) electrons. The van der Waals surface area contributed by atoms with E-state index in [0.717, 1.165) is 30.2 Å². The summed E-state index contributed by atoms with van der Waals surface area (Å²) >= 11 is 1.59. The predicted octanol–water partition coefficient (Wildman–Crippen LogP) is -0.841. The number of thioether (sulfide) groups is 1. The van der Waals surface area contributed by atoms with Gasteiger partial charge in [0.25, 0.3) is 11.8 Å². The molecule has 2 amide bonds. The highest BCUT2D eigenvalue weighted by atomic mass is 32.2. The number of likely N-dealkylation sites (tertiary alicyclic amines) is 1. The smallest absolute Gasteiger partial charge is 0.294 e. The second-order valence-electron chi connectivity index (χ2n) is 8.28. The molecule has 158 valence electrons. The molecule has 8 heteroatoms. The summed E-state index contributed by atoms with van der Waals surface area (Å²) in [6, 6.07) is 6.30. The van der Waals surface area contributed by atoms with Crippen LogP contribution in [0.4, 0.5) is 5.69 Å². The predicted molar refractivity (Wildman–Crippen MR) is 113 cm³/mol. The van der Waals surface area contributed by atoms with E-state index in [-0.39, 0.29) is 17.2 Å². The number of carbonyl (C=O) groups is 2. The summed E-state index contributed by atoms with van der Waals surface area (Å²) in [6.07, 6.45) is 3.88. The third-order valence-electron chi connectivity index (χ3n) is 6.30. The van der Waals surface area contributed by atoms with Crippen LogP contribution in [-0.2, 0) is 9.53 Å². The SMILES string of the molecule is CC1CCCC[NH+]1CCNC(=O)c1ccc2c(c1)NC(=O)C([NH+]1CCOCC1)S2. The molecule has 1 aromatic carbocycles. The Morgan fingerprint density at radius 3 is 2.90 bits per heavy atom. The second kappa shape index (κ2) is 9.47. The number of ether oxygens (including phenoxy) is 1. The average Bonchev–Trinajstić information content (AvgIpc) is 2.74. The maximum Gasteiger partial charge on any atom is 0.294 e. The molecule has 0 saturated carbocycles. The van der Waals surface area contributed by atoms with E-state index in [1.807, 2.05) is 12.1 Å². The number of fused-ring (bicyclic) bond motifs is 1. The lowest BCUT2D eigenvalue weighted by atomic mass is 10.0. The Hall–Kier alpha value is -1.61. The quantitative estimate of drug-likeness (QED) is 0.501. The number of carbonyl (C=O) groups excluding carboxylic acids is 2. The Labute approximate surface area is 176 Å². The molecule has 3 unspecified atom stereocenters. The van der Waals surface area contributed by atoms with E-state index in [2.05, 4.69) is 17.6 Å². The minimum Gasteiger partial charge on any atom is -0.370 e. The lowest BCUT2D eigenvalue weighted by Gasteiger charge is -2.33. The van der Waals surface area contributed by atoms with Gasteiger partial charge in [-0.05, 0) is 44.4 Å². The van der Waals surface area contributed by atoms with Gasteiger partial charge in [-0.1, -0.05) is 11.8 Å². The van der Waals surface area contributed by atoms with Crippen molar-refractivity contribution in [2.75, 3.05) is 51.3 Å². The highest BCUT2D eigenvalue weighted by Gasteiger charge is 2.36. The molecule has 29 heavy (non-hydrogen) atoms. The van der Waals surface area contributed by atoms with Gasteiger partial charge >= 0.3 is 0 Å². The highest BCUT2D eigenvalue weighted by Crippen LogP contribution is 2.34. The lowest BCUT2D eigenvalue weighted by molar-refractivity contribution is -0.927. The van der Waals surface area contributed by atoms with E-state index in [0.29, 0.717) is 31.4 Å². The number of amides is 2. The average molecular weight is 421 g/mol. The van der Waals surface area contributed by atoms with E-state index in [4.69, 9.17) is 4.74 Å². The van der Waals surface area contributed by atoms with Gasteiger partial charge in [-0.15, -0.1) is 0 Å². The fourth-order valence-electron chi connectivity index (χ4n) is 4.48. The minimum absolute atomic E-state index is 0.0136. The van der Waals surface area contributed by atoms with E-state index in [1.165, 1.54) is 30.7 Å². The van der Waals surface area contributed by atoms with Gasteiger partial charge in [0, 0.05) is 10.5 Å². The van der Waals surface area contributed by atoms with E-state index in [9.17, 15) is 9.59 Å². The first kappa shape index (κ1) is 20.7. The molecule has 7 nitrogen and oxygen atoms in total. The number of quaternary nitrogens is 2. The van der Waals surface area contributed by atoms with Crippen molar-refractivity contribution in [1.29, 1.82) is 0 Å². The third kappa shape index (κ3) is 4.94. The second-order valence-corrected chi connectivity index (χ2v) is 9.43. The van der Waals surface area contributed by atoms with Gasteiger partial charge in [-0.3, -0.25) is 9.59 Å². The van der Waals surface area contributed by atoms with Crippen LogP contribution >= 0.6 is 11.8 Å². The van der Waals surface area contributed by atoms with Crippen molar-refractivity contribution < 1.29 is 24.1 Å². The van der Waals surface area contributed by atoms with Crippen LogP contribution in [-0.4, -0.2) is 69.2 Å². The van der Waals surface area contributed by atoms with Crippen LogP contribution in [0.3, 0.4) is 0 Å². The van der Waals surface area contributed by atoms with Crippen molar-refractivity contribution in [3.05, 3.63) is 23.8 Å². The molecule has 3 atom stereocenters. The Balaban J connectivity index is 1.34. The summed E-state index contributed by atoms with van der Waals surface area (Å²) in [7, 11) is 0. The number of morpholine rings is 1. The first-order valence-corrected chi connectivity index (χ1v) is 11.7. The molecule has 0 spiro atoms. The topological polar surface area (TPSA) is 76.3 Å². The van der Waals surface area contributed by atoms with Crippen LogP contribution in [0.2, 0.25) is 0 Å². The summed E-state index contributed by atoms with van der Waals surface area (Å²) in [5.74, 6) is -0.0586. The Morgan fingerprint density at radius 1 is 1.28 bits per heavy atom. The van der Waals surface area contributed by atoms with Gasteiger partial charge in [-0.25, -0.2) is 0 Å². The van der Waals surface area contributed by atoms with Gasteiger partial charge in [0.15, 0.2) is 0 Å². The number of nitrogens with one attached hydrogen (secondary N) is 4. The van der Waals surface area contributed by atoms with Gasteiger partial charge in [0.1, 0.15) is 13.1 Å². The van der Waals surface area contributed by atoms with Gasteiger partial charge in [0.2, 0.25) is 5.37 Å². The van der Waals surface area contributed by atoms with Crippen LogP contribution in [0.1, 0.15) is 36.5 Å². The van der Waals surface area contributed by atoms with E-state index < -0.39 is 0 Å². The van der Waals surface area contributed by atoms with Crippen LogP contribution in [0, 0.1) is 0 Å². The minimum atomic E-state index is -0.152. The Kier molecular flexibility index (Phi) is 6.74. The Bertz CT molecular complexity index is 753. The van der Waals surface area contributed by atoms with Crippen LogP contribution in [0.25, 0.3) is 0 Å². The molecule has 1 aromatic rings. The van der Waals surface area contributed by atoms with Crippen molar-refractivity contribution >= 4 is 29.3 Å². The summed E-state index contributed by atoms with van der Waals surface area (Å²) in [4.78, 5) is 29.1. The largest absolute Gasteiger partial charge is 0.370 e. The summed E-state index contributed by atoms with van der Waals surface area (Å²) in [6.45, 7) is 8.23. The van der Waals surface area contributed by atoms with Gasteiger partial charge < -0.3 is 25.2 Å². The molecular weight excluding hydrogens is 388 g/mol. The zero-order valence-corrected chi connectivity index (χ0v) is 17.9. The molecule has 0 aromatic heterocycles. The normalized spacial score (nSPS) is 27.8. The van der Waals surface area contributed by atoms with Crippen LogP contribution < -0.4 is 20.4 Å². The number of hydrogen-bond donors (Lipinski definition) is 4. The van der Waals surface area contributed by atoms with Crippen LogP contribution in [0.15, 0.2) is 23.1 Å². The first-order chi connectivity index (χ1) is 14.1. The third-order valence-corrected chi connectivity index (χ3v) is 7.70. The maximum atomic E-state index is 12.6.